The summed E-state index contributed by atoms with van der Waals surface area (Å²) in [6.07, 6.45) is 1.65. The number of fused-ring (bicyclic) bond motifs is 1. The number of likely N-dealkylation sites (N-methyl/N-ethyl adjacent to an activating group) is 1. The number of nitrogens with zero attached hydrogens (tertiary/aromatic N) is 2. The first-order valence-electron chi connectivity index (χ1n) is 13.3. The van der Waals surface area contributed by atoms with E-state index in [-0.39, 0.29) is 19.1 Å². The topological polar surface area (TPSA) is 115 Å². The van der Waals surface area contributed by atoms with Crippen LogP contribution in [0.15, 0.2) is 79.4 Å². The molecule has 0 fully saturated rings. The van der Waals surface area contributed by atoms with Crippen LogP contribution in [0.25, 0.3) is 0 Å². The maximum Gasteiger partial charge on any atom is 0.248 e. The van der Waals surface area contributed by atoms with Crippen LogP contribution >= 0.6 is 0 Å². The third kappa shape index (κ3) is 7.19. The predicted octanol–water partition coefficient (Wildman–Crippen LogP) is 3.89. The molecule has 3 aromatic rings. The number of carbonyl (C=O) groups excluding carboxylic acids is 2. The first-order valence-corrected chi connectivity index (χ1v) is 13.3. The highest BCUT2D eigenvalue weighted by molar-refractivity contribution is 5.98. The molecule has 1 atom stereocenters. The zero-order valence-electron chi connectivity index (χ0n) is 22.6. The Hall–Kier alpha value is -4.34. The number of hydroxylamine groups is 2. The van der Waals surface area contributed by atoms with Gasteiger partial charge < -0.3 is 30.1 Å². The number of ether oxygens (including phenoxy) is 2. The standard InChI is InChI=1S/C31H35N3O6/c1-3-18-38-28-16-15-27(26-14-17-29(36)34(30(26)28)19-22-8-6-5-7-9-22)39-21-24(35)20-33(4-2)40-25-12-10-23(11-13-25)31(32)37/h3,5-13,15-16,24,35H,1,4,14,17-21H2,2H3,(H2,32,37). The van der Waals surface area contributed by atoms with Crippen LogP contribution in [0.1, 0.15) is 34.8 Å². The molecule has 0 radical (unpaired) electrons. The van der Waals surface area contributed by atoms with Gasteiger partial charge in [0.15, 0.2) is 0 Å². The van der Waals surface area contributed by atoms with E-state index in [1.807, 2.05) is 43.3 Å². The summed E-state index contributed by atoms with van der Waals surface area (Å²) in [5.74, 6) is 1.20. The van der Waals surface area contributed by atoms with E-state index in [0.29, 0.717) is 61.0 Å². The lowest BCUT2D eigenvalue weighted by molar-refractivity contribution is -0.119. The number of aliphatic hydroxyl groups is 1. The Morgan fingerprint density at radius 1 is 1.07 bits per heavy atom. The molecule has 0 aromatic heterocycles. The third-order valence-electron chi connectivity index (χ3n) is 6.47. The van der Waals surface area contributed by atoms with Crippen molar-refractivity contribution < 1.29 is 29.0 Å². The molecule has 0 aliphatic carbocycles. The van der Waals surface area contributed by atoms with E-state index < -0.39 is 12.0 Å². The summed E-state index contributed by atoms with van der Waals surface area (Å²) < 4.78 is 12.0. The van der Waals surface area contributed by atoms with Crippen molar-refractivity contribution in [3.63, 3.8) is 0 Å². The van der Waals surface area contributed by atoms with Crippen LogP contribution in [0.3, 0.4) is 0 Å². The summed E-state index contributed by atoms with van der Waals surface area (Å²) in [4.78, 5) is 31.9. The van der Waals surface area contributed by atoms with Crippen LogP contribution in [0, 0.1) is 0 Å². The van der Waals surface area contributed by atoms with Gasteiger partial charge in [0.2, 0.25) is 11.8 Å². The molecule has 0 saturated carbocycles. The summed E-state index contributed by atoms with van der Waals surface area (Å²) in [5, 5.41) is 12.4. The lowest BCUT2D eigenvalue weighted by Crippen LogP contribution is -2.38. The molecule has 0 bridgehead atoms. The molecule has 9 nitrogen and oxygen atoms in total. The molecule has 0 saturated heterocycles. The summed E-state index contributed by atoms with van der Waals surface area (Å²) in [7, 11) is 0. The van der Waals surface area contributed by atoms with Crippen LogP contribution < -0.4 is 24.9 Å². The molecule has 3 aromatic carbocycles. The molecule has 40 heavy (non-hydrogen) atoms. The Morgan fingerprint density at radius 2 is 1.80 bits per heavy atom. The molecule has 1 heterocycles. The van der Waals surface area contributed by atoms with Crippen molar-refractivity contribution in [2.75, 3.05) is 31.2 Å². The maximum atomic E-state index is 13.0. The Labute approximate surface area is 234 Å². The van der Waals surface area contributed by atoms with Gasteiger partial charge in [0, 0.05) is 24.1 Å². The van der Waals surface area contributed by atoms with Gasteiger partial charge in [-0.05, 0) is 55.3 Å². The summed E-state index contributed by atoms with van der Waals surface area (Å²) in [6.45, 7) is 7.07. The number of carbonyl (C=O) groups is 2. The van der Waals surface area contributed by atoms with Gasteiger partial charge in [0.1, 0.15) is 36.6 Å². The number of primary amides is 1. The van der Waals surface area contributed by atoms with Gasteiger partial charge in [0.25, 0.3) is 0 Å². The molecule has 2 amide bonds. The normalized spacial score (nSPS) is 13.5. The van der Waals surface area contributed by atoms with E-state index in [2.05, 4.69) is 6.58 Å². The van der Waals surface area contributed by atoms with Crippen molar-refractivity contribution in [1.29, 1.82) is 0 Å². The van der Waals surface area contributed by atoms with E-state index in [0.717, 1.165) is 11.1 Å². The average Bonchev–Trinajstić information content (AvgIpc) is 2.97. The minimum Gasteiger partial charge on any atom is -0.490 e. The fourth-order valence-corrected chi connectivity index (χ4v) is 4.49. The zero-order valence-corrected chi connectivity index (χ0v) is 22.6. The minimum absolute atomic E-state index is 0.0107. The Morgan fingerprint density at radius 3 is 2.48 bits per heavy atom. The second kappa shape index (κ2) is 13.6. The fraction of sp³-hybridized carbons (Fsp3) is 0.290. The van der Waals surface area contributed by atoms with Gasteiger partial charge in [-0.1, -0.05) is 43.0 Å². The summed E-state index contributed by atoms with van der Waals surface area (Å²) in [6, 6.07) is 19.9. The largest absolute Gasteiger partial charge is 0.490 e. The number of aliphatic hydroxyl groups excluding tert-OH is 1. The van der Waals surface area contributed by atoms with Gasteiger partial charge >= 0.3 is 0 Å². The zero-order chi connectivity index (χ0) is 28.5. The van der Waals surface area contributed by atoms with Crippen LogP contribution in [-0.2, 0) is 17.8 Å². The SMILES string of the molecule is C=CCOc1ccc(OCC(O)CN(CC)Oc2ccc(C(N)=O)cc2)c2c1N(Cc1ccccc1)C(=O)CC2. The van der Waals surface area contributed by atoms with Crippen molar-refractivity contribution in [3.05, 3.63) is 96.1 Å². The van der Waals surface area contributed by atoms with E-state index in [1.165, 1.54) is 0 Å². The van der Waals surface area contributed by atoms with E-state index in [1.54, 1.807) is 46.4 Å². The third-order valence-corrected chi connectivity index (χ3v) is 6.47. The molecule has 3 N–H and O–H groups in total. The number of rotatable bonds is 14. The molecular formula is C31H35N3O6. The number of hydrogen-bond donors (Lipinski definition) is 2. The molecule has 4 rings (SSSR count). The van der Waals surface area contributed by atoms with Crippen molar-refractivity contribution in [2.45, 2.75) is 32.4 Å². The molecule has 1 aliphatic rings. The van der Waals surface area contributed by atoms with E-state index in [4.69, 9.17) is 20.0 Å². The highest BCUT2D eigenvalue weighted by atomic mass is 16.7. The Balaban J connectivity index is 1.47. The molecule has 9 heteroatoms. The number of amides is 2. The van der Waals surface area contributed by atoms with Crippen molar-refractivity contribution in [3.8, 4) is 17.2 Å². The molecule has 1 aliphatic heterocycles. The van der Waals surface area contributed by atoms with Crippen molar-refractivity contribution >= 4 is 17.5 Å². The van der Waals surface area contributed by atoms with Gasteiger partial charge in [-0.25, -0.2) is 0 Å². The number of hydrogen-bond acceptors (Lipinski definition) is 7. The summed E-state index contributed by atoms with van der Waals surface area (Å²) in [5.41, 5.74) is 8.23. The highest BCUT2D eigenvalue weighted by Crippen LogP contribution is 2.43. The van der Waals surface area contributed by atoms with Crippen LogP contribution in [0.5, 0.6) is 17.2 Å². The minimum atomic E-state index is -0.858. The fourth-order valence-electron chi connectivity index (χ4n) is 4.49. The number of anilines is 1. The van der Waals surface area contributed by atoms with E-state index in [9.17, 15) is 14.7 Å². The average molecular weight is 546 g/mol. The molecule has 0 spiro atoms. The molecule has 1 unspecified atom stereocenters. The lowest BCUT2D eigenvalue weighted by atomic mass is 9.98. The molecule has 210 valence electrons. The van der Waals surface area contributed by atoms with Crippen LogP contribution in [0.4, 0.5) is 5.69 Å². The van der Waals surface area contributed by atoms with E-state index >= 15 is 0 Å². The quantitative estimate of drug-likeness (QED) is 0.233. The van der Waals surface area contributed by atoms with Crippen LogP contribution in [0.2, 0.25) is 0 Å². The van der Waals surface area contributed by atoms with Gasteiger partial charge in [-0.3, -0.25) is 9.59 Å². The second-order valence-electron chi connectivity index (χ2n) is 9.38. The van der Waals surface area contributed by atoms with Gasteiger partial charge in [0.05, 0.1) is 18.8 Å². The first kappa shape index (κ1) is 28.7. The van der Waals surface area contributed by atoms with Gasteiger partial charge in [-0.2, -0.15) is 0 Å². The Bertz CT molecular complexity index is 1310. The highest BCUT2D eigenvalue weighted by Gasteiger charge is 2.30. The lowest BCUT2D eigenvalue weighted by Gasteiger charge is -2.32. The van der Waals surface area contributed by atoms with Crippen molar-refractivity contribution in [1.82, 2.24) is 5.06 Å². The number of nitrogens with two attached hydrogens (primary N) is 1. The summed E-state index contributed by atoms with van der Waals surface area (Å²) >= 11 is 0. The first-order chi connectivity index (χ1) is 19.4. The van der Waals surface area contributed by atoms with Gasteiger partial charge in [-0.15, -0.1) is 5.06 Å². The predicted molar refractivity (Wildman–Crippen MR) is 152 cm³/mol. The number of benzene rings is 3. The molecular weight excluding hydrogens is 510 g/mol. The monoisotopic (exact) mass is 545 g/mol. The van der Waals surface area contributed by atoms with Crippen LogP contribution in [-0.4, -0.2) is 54.4 Å². The Kier molecular flexibility index (Phi) is 9.77. The maximum absolute atomic E-state index is 13.0. The smallest absolute Gasteiger partial charge is 0.248 e. The van der Waals surface area contributed by atoms with Crippen molar-refractivity contribution in [2.24, 2.45) is 5.73 Å². The second-order valence-corrected chi connectivity index (χ2v) is 9.38.